The summed E-state index contributed by atoms with van der Waals surface area (Å²) in [5.41, 5.74) is 1.59. The lowest BCUT2D eigenvalue weighted by Gasteiger charge is -2.02. The average molecular weight is 175 g/mol. The van der Waals surface area contributed by atoms with Gasteiger partial charge >= 0.3 is 0 Å². The fraction of sp³-hybridized carbons (Fsp3) is 0.111. The number of para-hydroxylation sites is 1. The van der Waals surface area contributed by atoms with Gasteiger partial charge in [-0.2, -0.15) is 0 Å². The molecule has 1 heterocycles. The van der Waals surface area contributed by atoms with Crippen LogP contribution >= 0.6 is 0 Å². The third-order valence-corrected chi connectivity index (χ3v) is 1.78. The summed E-state index contributed by atoms with van der Waals surface area (Å²) in [4.78, 5) is 0. The lowest BCUT2D eigenvalue weighted by Crippen LogP contribution is -2.01. The Morgan fingerprint density at radius 1 is 1.23 bits per heavy atom. The molecule has 66 valence electrons. The minimum absolute atomic E-state index is 0.0537. The van der Waals surface area contributed by atoms with Crippen molar-refractivity contribution in [2.24, 2.45) is 0 Å². The predicted molar refractivity (Wildman–Crippen MR) is 47.3 cm³/mol. The van der Waals surface area contributed by atoms with E-state index in [-0.39, 0.29) is 6.61 Å². The van der Waals surface area contributed by atoms with Crippen molar-refractivity contribution in [2.45, 2.75) is 6.61 Å². The van der Waals surface area contributed by atoms with E-state index in [1.54, 1.807) is 10.9 Å². The van der Waals surface area contributed by atoms with Gasteiger partial charge in [0.2, 0.25) is 0 Å². The maximum absolute atomic E-state index is 8.97. The fourth-order valence-corrected chi connectivity index (χ4v) is 1.15. The van der Waals surface area contributed by atoms with Crippen LogP contribution in [0.15, 0.2) is 36.5 Å². The molecule has 0 aliphatic heterocycles. The van der Waals surface area contributed by atoms with E-state index >= 15 is 0 Å². The van der Waals surface area contributed by atoms with Gasteiger partial charge in [-0.05, 0) is 12.1 Å². The first-order valence-corrected chi connectivity index (χ1v) is 3.97. The van der Waals surface area contributed by atoms with Crippen molar-refractivity contribution >= 4 is 0 Å². The maximum atomic E-state index is 8.97. The van der Waals surface area contributed by atoms with E-state index in [9.17, 15) is 0 Å². The smallest absolute Gasteiger partial charge is 0.0900 e. The highest BCUT2D eigenvalue weighted by molar-refractivity contribution is 5.31. The normalized spacial score (nSPS) is 10.2. The van der Waals surface area contributed by atoms with Crippen molar-refractivity contribution < 1.29 is 5.11 Å². The Balaban J connectivity index is 2.47. The van der Waals surface area contributed by atoms with Crippen molar-refractivity contribution in [3.8, 4) is 5.69 Å². The SMILES string of the molecule is OCc1cnnn1-c1ccccc1. The number of aliphatic hydroxyl groups excluding tert-OH is 1. The van der Waals surface area contributed by atoms with Crippen LogP contribution in [0.25, 0.3) is 5.69 Å². The van der Waals surface area contributed by atoms with Gasteiger partial charge in [0.15, 0.2) is 0 Å². The molecule has 1 aromatic heterocycles. The maximum Gasteiger partial charge on any atom is 0.0900 e. The first-order chi connectivity index (χ1) is 6.42. The van der Waals surface area contributed by atoms with Gasteiger partial charge in [-0.25, -0.2) is 4.68 Å². The Bertz CT molecular complexity index is 383. The lowest BCUT2D eigenvalue weighted by molar-refractivity contribution is 0.273. The van der Waals surface area contributed by atoms with Crippen molar-refractivity contribution in [3.05, 3.63) is 42.2 Å². The standard InChI is InChI=1S/C9H9N3O/c13-7-9-6-10-11-12(9)8-4-2-1-3-5-8/h1-6,13H,7H2. The minimum atomic E-state index is -0.0537. The Hall–Kier alpha value is -1.68. The van der Waals surface area contributed by atoms with Crippen LogP contribution in [-0.4, -0.2) is 20.1 Å². The highest BCUT2D eigenvalue weighted by atomic mass is 16.3. The number of hydrogen-bond donors (Lipinski definition) is 1. The number of rotatable bonds is 2. The molecule has 1 N–H and O–H groups in total. The molecule has 0 saturated heterocycles. The topological polar surface area (TPSA) is 50.9 Å². The number of nitrogens with zero attached hydrogens (tertiary/aromatic N) is 3. The van der Waals surface area contributed by atoms with E-state index in [0.29, 0.717) is 5.69 Å². The summed E-state index contributed by atoms with van der Waals surface area (Å²) >= 11 is 0. The van der Waals surface area contributed by atoms with Crippen LogP contribution in [0, 0.1) is 0 Å². The molecule has 0 fully saturated rings. The lowest BCUT2D eigenvalue weighted by atomic mass is 10.3. The molecule has 0 saturated carbocycles. The van der Waals surface area contributed by atoms with Crippen molar-refractivity contribution in [3.63, 3.8) is 0 Å². The van der Waals surface area contributed by atoms with Crippen LogP contribution in [0.2, 0.25) is 0 Å². The summed E-state index contributed by atoms with van der Waals surface area (Å²) in [6, 6.07) is 9.58. The Labute approximate surface area is 75.4 Å². The summed E-state index contributed by atoms with van der Waals surface area (Å²) in [6.45, 7) is -0.0537. The summed E-state index contributed by atoms with van der Waals surface area (Å²) in [5, 5.41) is 16.6. The molecule has 0 atom stereocenters. The van der Waals surface area contributed by atoms with Gasteiger partial charge in [-0.3, -0.25) is 0 Å². The Morgan fingerprint density at radius 3 is 2.69 bits per heavy atom. The van der Waals surface area contributed by atoms with E-state index < -0.39 is 0 Å². The van der Waals surface area contributed by atoms with Gasteiger partial charge < -0.3 is 5.11 Å². The van der Waals surface area contributed by atoms with Crippen molar-refractivity contribution in [2.75, 3.05) is 0 Å². The highest BCUT2D eigenvalue weighted by Gasteiger charge is 2.02. The van der Waals surface area contributed by atoms with E-state index in [0.717, 1.165) is 5.69 Å². The Morgan fingerprint density at radius 2 is 2.00 bits per heavy atom. The number of hydrogen-bond acceptors (Lipinski definition) is 3. The molecule has 4 heteroatoms. The zero-order valence-electron chi connectivity index (χ0n) is 6.96. The summed E-state index contributed by atoms with van der Waals surface area (Å²) in [5.74, 6) is 0. The minimum Gasteiger partial charge on any atom is -0.390 e. The molecule has 0 aliphatic rings. The summed E-state index contributed by atoms with van der Waals surface area (Å²) in [6.07, 6.45) is 1.55. The monoisotopic (exact) mass is 175 g/mol. The second kappa shape index (κ2) is 3.37. The highest BCUT2D eigenvalue weighted by Crippen LogP contribution is 2.07. The molecule has 2 rings (SSSR count). The van der Waals surface area contributed by atoms with E-state index in [4.69, 9.17) is 5.11 Å². The van der Waals surface area contributed by atoms with Crippen molar-refractivity contribution in [1.82, 2.24) is 15.0 Å². The van der Waals surface area contributed by atoms with Gasteiger partial charge in [0.1, 0.15) is 0 Å². The van der Waals surface area contributed by atoms with Crippen LogP contribution in [0.3, 0.4) is 0 Å². The zero-order chi connectivity index (χ0) is 9.10. The second-order valence-electron chi connectivity index (χ2n) is 2.63. The molecule has 0 aliphatic carbocycles. The molecule has 0 spiro atoms. The van der Waals surface area contributed by atoms with E-state index in [2.05, 4.69) is 10.3 Å². The van der Waals surface area contributed by atoms with Gasteiger partial charge in [-0.15, -0.1) is 5.10 Å². The third kappa shape index (κ3) is 1.43. The molecule has 0 unspecified atom stereocenters. The number of aliphatic hydroxyl groups is 1. The van der Waals surface area contributed by atoms with Crippen LogP contribution in [0.1, 0.15) is 5.69 Å². The van der Waals surface area contributed by atoms with Gasteiger partial charge in [0.05, 0.1) is 24.2 Å². The zero-order valence-corrected chi connectivity index (χ0v) is 6.96. The quantitative estimate of drug-likeness (QED) is 0.733. The van der Waals surface area contributed by atoms with Crippen LogP contribution < -0.4 is 0 Å². The molecular weight excluding hydrogens is 166 g/mol. The average Bonchev–Trinajstić information content (AvgIpc) is 2.67. The molecule has 0 bridgehead atoms. The van der Waals surface area contributed by atoms with E-state index in [1.165, 1.54) is 0 Å². The van der Waals surface area contributed by atoms with Crippen molar-refractivity contribution in [1.29, 1.82) is 0 Å². The molecule has 0 radical (unpaired) electrons. The first-order valence-electron chi connectivity index (χ1n) is 3.97. The first kappa shape index (κ1) is 7.94. The van der Waals surface area contributed by atoms with Crippen LogP contribution in [-0.2, 0) is 6.61 Å². The van der Waals surface area contributed by atoms with Gasteiger partial charge in [-0.1, -0.05) is 23.4 Å². The van der Waals surface area contributed by atoms with E-state index in [1.807, 2.05) is 30.3 Å². The predicted octanol–water partition coefficient (Wildman–Crippen LogP) is 0.760. The van der Waals surface area contributed by atoms with Crippen LogP contribution in [0.4, 0.5) is 0 Å². The molecule has 13 heavy (non-hydrogen) atoms. The molecule has 0 amide bonds. The molecule has 2 aromatic rings. The summed E-state index contributed by atoms with van der Waals surface area (Å²) < 4.78 is 1.61. The van der Waals surface area contributed by atoms with Gasteiger partial charge in [0.25, 0.3) is 0 Å². The van der Waals surface area contributed by atoms with Crippen LogP contribution in [0.5, 0.6) is 0 Å². The third-order valence-electron chi connectivity index (χ3n) is 1.78. The number of aromatic nitrogens is 3. The molecular formula is C9H9N3O. The number of benzene rings is 1. The second-order valence-corrected chi connectivity index (χ2v) is 2.63. The molecule has 1 aromatic carbocycles. The molecule has 4 nitrogen and oxygen atoms in total. The Kier molecular flexibility index (Phi) is 2.06. The summed E-state index contributed by atoms with van der Waals surface area (Å²) in [7, 11) is 0. The fourth-order valence-electron chi connectivity index (χ4n) is 1.15. The largest absolute Gasteiger partial charge is 0.390 e. The van der Waals surface area contributed by atoms with Gasteiger partial charge in [0, 0.05) is 0 Å².